The van der Waals surface area contributed by atoms with E-state index in [0.29, 0.717) is 0 Å². The molecular formula is C18H14ClN3. The lowest BCUT2D eigenvalue weighted by atomic mass is 10.2. The number of pyridine rings is 3. The molecular weight excluding hydrogens is 294 g/mol. The number of para-hydroxylation sites is 1. The SMILES string of the molecule is [Cl-].c1ccc2c(c1)ccc[n+]2N=c1ccn2ccccc2c1. The number of fused-ring (bicyclic) bond motifs is 2. The van der Waals surface area contributed by atoms with Gasteiger partial charge in [0, 0.05) is 40.5 Å². The maximum atomic E-state index is 4.72. The van der Waals surface area contributed by atoms with Crippen LogP contribution in [0, 0.1) is 0 Å². The van der Waals surface area contributed by atoms with Crippen LogP contribution >= 0.6 is 0 Å². The largest absolute Gasteiger partial charge is 1.00 e. The molecule has 1 aromatic carbocycles. The maximum absolute atomic E-state index is 4.72. The van der Waals surface area contributed by atoms with E-state index >= 15 is 0 Å². The van der Waals surface area contributed by atoms with Gasteiger partial charge in [-0.25, -0.2) is 0 Å². The van der Waals surface area contributed by atoms with E-state index < -0.39 is 0 Å². The lowest BCUT2D eigenvalue weighted by Gasteiger charge is -1.98. The molecule has 0 bridgehead atoms. The zero-order chi connectivity index (χ0) is 14.1. The van der Waals surface area contributed by atoms with Crippen LogP contribution in [0.5, 0.6) is 0 Å². The topological polar surface area (TPSA) is 20.6 Å². The molecule has 3 heterocycles. The van der Waals surface area contributed by atoms with Gasteiger partial charge in [0.25, 0.3) is 0 Å². The first-order chi connectivity index (χ1) is 10.4. The number of rotatable bonds is 1. The maximum Gasteiger partial charge on any atom is 0.245 e. The minimum absolute atomic E-state index is 0. The second-order valence-corrected chi connectivity index (χ2v) is 4.93. The molecule has 0 spiro atoms. The molecule has 0 radical (unpaired) electrons. The summed E-state index contributed by atoms with van der Waals surface area (Å²) in [6.45, 7) is 0. The molecule has 0 aliphatic heterocycles. The highest BCUT2D eigenvalue weighted by Gasteiger charge is 2.05. The second kappa shape index (κ2) is 6.00. The minimum Gasteiger partial charge on any atom is -1.00 e. The molecule has 4 heteroatoms. The van der Waals surface area contributed by atoms with Crippen LogP contribution in [0.1, 0.15) is 0 Å². The molecule has 0 aliphatic carbocycles. The van der Waals surface area contributed by atoms with Gasteiger partial charge in [-0.05, 0) is 36.4 Å². The molecule has 0 atom stereocenters. The smallest absolute Gasteiger partial charge is 0.245 e. The summed E-state index contributed by atoms with van der Waals surface area (Å²) in [7, 11) is 0. The van der Waals surface area contributed by atoms with Gasteiger partial charge in [-0.3, -0.25) is 0 Å². The van der Waals surface area contributed by atoms with Crippen molar-refractivity contribution in [2.75, 3.05) is 0 Å². The van der Waals surface area contributed by atoms with Crippen LogP contribution in [-0.4, -0.2) is 4.40 Å². The Labute approximate surface area is 134 Å². The summed E-state index contributed by atoms with van der Waals surface area (Å²) >= 11 is 0. The molecule has 0 saturated heterocycles. The first kappa shape index (κ1) is 14.3. The van der Waals surface area contributed by atoms with Gasteiger partial charge in [0.15, 0.2) is 0 Å². The molecule has 0 saturated carbocycles. The number of aromatic nitrogens is 2. The van der Waals surface area contributed by atoms with Crippen LogP contribution in [0.25, 0.3) is 16.4 Å². The fraction of sp³-hybridized carbons (Fsp3) is 0. The zero-order valence-electron chi connectivity index (χ0n) is 11.8. The summed E-state index contributed by atoms with van der Waals surface area (Å²) in [5, 5.41) is 6.84. The van der Waals surface area contributed by atoms with Gasteiger partial charge in [0.05, 0.1) is 0 Å². The molecule has 108 valence electrons. The monoisotopic (exact) mass is 307 g/mol. The minimum atomic E-state index is 0. The number of hydrogen-bond acceptors (Lipinski definition) is 1. The molecule has 0 unspecified atom stereocenters. The van der Waals surface area contributed by atoms with Crippen molar-refractivity contribution in [2.45, 2.75) is 0 Å². The lowest BCUT2D eigenvalue weighted by Crippen LogP contribution is -3.00. The fourth-order valence-corrected chi connectivity index (χ4v) is 2.50. The number of benzene rings is 1. The highest BCUT2D eigenvalue weighted by molar-refractivity contribution is 5.74. The van der Waals surface area contributed by atoms with Gasteiger partial charge < -0.3 is 16.8 Å². The standard InChI is InChI=1S/C18H14N3.ClH/c1-2-9-18-15(6-1)7-5-12-21(18)19-16-10-13-20-11-4-3-8-17(20)14-16;/h1-14H;1H/q+1;/p-1. The highest BCUT2D eigenvalue weighted by atomic mass is 35.5. The van der Waals surface area contributed by atoms with Crippen molar-refractivity contribution in [3.63, 3.8) is 0 Å². The lowest BCUT2D eigenvalue weighted by molar-refractivity contribution is -0.656. The Morgan fingerprint density at radius 1 is 0.818 bits per heavy atom. The summed E-state index contributed by atoms with van der Waals surface area (Å²) in [5.74, 6) is 0. The highest BCUT2D eigenvalue weighted by Crippen LogP contribution is 2.07. The Bertz CT molecular complexity index is 1000. The molecule has 22 heavy (non-hydrogen) atoms. The molecule has 0 aliphatic rings. The van der Waals surface area contributed by atoms with E-state index in [1.807, 2.05) is 59.7 Å². The van der Waals surface area contributed by atoms with Crippen molar-refractivity contribution in [3.8, 4) is 0 Å². The molecule has 4 rings (SSSR count). The van der Waals surface area contributed by atoms with E-state index in [1.54, 1.807) is 0 Å². The predicted octanol–water partition coefficient (Wildman–Crippen LogP) is -0.252. The molecule has 3 nitrogen and oxygen atoms in total. The first-order valence-corrected chi connectivity index (χ1v) is 6.92. The zero-order valence-corrected chi connectivity index (χ0v) is 12.6. The van der Waals surface area contributed by atoms with Gasteiger partial charge in [0.1, 0.15) is 5.36 Å². The summed E-state index contributed by atoms with van der Waals surface area (Å²) < 4.78 is 4.00. The van der Waals surface area contributed by atoms with Crippen LogP contribution in [0.2, 0.25) is 0 Å². The first-order valence-electron chi connectivity index (χ1n) is 6.92. The Morgan fingerprint density at radius 3 is 2.59 bits per heavy atom. The second-order valence-electron chi connectivity index (χ2n) is 4.93. The summed E-state index contributed by atoms with van der Waals surface area (Å²) in [6.07, 6.45) is 6.04. The number of nitrogens with zero attached hydrogens (tertiary/aromatic N) is 3. The van der Waals surface area contributed by atoms with Crippen LogP contribution in [0.3, 0.4) is 0 Å². The number of halogens is 1. The van der Waals surface area contributed by atoms with Crippen molar-refractivity contribution in [3.05, 3.63) is 90.7 Å². The average molecular weight is 308 g/mol. The number of hydrogen-bond donors (Lipinski definition) is 0. The predicted molar refractivity (Wildman–Crippen MR) is 82.5 cm³/mol. The van der Waals surface area contributed by atoms with E-state index in [2.05, 4.69) is 34.7 Å². The van der Waals surface area contributed by atoms with Crippen molar-refractivity contribution in [1.82, 2.24) is 4.40 Å². The third-order valence-electron chi connectivity index (χ3n) is 3.53. The van der Waals surface area contributed by atoms with Crippen LogP contribution in [0.4, 0.5) is 0 Å². The van der Waals surface area contributed by atoms with Gasteiger partial charge >= 0.3 is 0 Å². The Hall–Kier alpha value is -2.65. The van der Waals surface area contributed by atoms with Crippen LogP contribution < -0.4 is 22.4 Å². The van der Waals surface area contributed by atoms with E-state index in [4.69, 9.17) is 5.10 Å². The third-order valence-corrected chi connectivity index (χ3v) is 3.53. The van der Waals surface area contributed by atoms with E-state index in [9.17, 15) is 0 Å². The van der Waals surface area contributed by atoms with E-state index in [-0.39, 0.29) is 12.4 Å². The van der Waals surface area contributed by atoms with Crippen LogP contribution in [-0.2, 0) is 0 Å². The third kappa shape index (κ3) is 2.59. The Balaban J connectivity index is 0.00000144. The van der Waals surface area contributed by atoms with Crippen molar-refractivity contribution in [1.29, 1.82) is 0 Å². The van der Waals surface area contributed by atoms with E-state index in [0.717, 1.165) is 16.4 Å². The Kier molecular flexibility index (Phi) is 3.90. The molecule has 4 aromatic rings. The average Bonchev–Trinajstić information content (AvgIpc) is 2.55. The van der Waals surface area contributed by atoms with Crippen molar-refractivity contribution < 1.29 is 17.1 Å². The molecule has 0 N–H and O–H groups in total. The van der Waals surface area contributed by atoms with E-state index in [1.165, 1.54) is 5.39 Å². The summed E-state index contributed by atoms with van der Waals surface area (Å²) in [6, 6.07) is 22.6. The van der Waals surface area contributed by atoms with Crippen molar-refractivity contribution in [2.24, 2.45) is 5.10 Å². The normalized spacial score (nSPS) is 11.5. The fourth-order valence-electron chi connectivity index (χ4n) is 2.50. The summed E-state index contributed by atoms with van der Waals surface area (Å²) in [4.78, 5) is 0. The van der Waals surface area contributed by atoms with Crippen LogP contribution in [0.15, 0.2) is 90.4 Å². The van der Waals surface area contributed by atoms with Gasteiger partial charge in [-0.1, -0.05) is 22.9 Å². The Morgan fingerprint density at radius 2 is 1.64 bits per heavy atom. The van der Waals surface area contributed by atoms with Gasteiger partial charge in [-0.15, -0.1) is 0 Å². The molecule has 0 fully saturated rings. The molecule has 3 aromatic heterocycles. The van der Waals surface area contributed by atoms with Crippen molar-refractivity contribution >= 4 is 16.4 Å². The van der Waals surface area contributed by atoms with Gasteiger partial charge in [-0.2, -0.15) is 0 Å². The quantitative estimate of drug-likeness (QED) is 0.432. The molecule has 0 amide bonds. The van der Waals surface area contributed by atoms with Gasteiger partial charge in [0.2, 0.25) is 11.7 Å². The summed E-state index contributed by atoms with van der Waals surface area (Å²) in [5.41, 5.74) is 2.22.